The number of ether oxygens (including phenoxy) is 1. The summed E-state index contributed by atoms with van der Waals surface area (Å²) in [7, 11) is 1.96. The molecule has 4 unspecified atom stereocenters. The molecule has 2 aromatic rings. The van der Waals surface area contributed by atoms with Gasteiger partial charge in [-0.1, -0.05) is 47.5 Å². The van der Waals surface area contributed by atoms with Crippen molar-refractivity contribution in [2.75, 3.05) is 44.7 Å². The van der Waals surface area contributed by atoms with Crippen molar-refractivity contribution in [2.45, 2.75) is 63.1 Å². The summed E-state index contributed by atoms with van der Waals surface area (Å²) < 4.78 is 42.4. The predicted molar refractivity (Wildman–Crippen MR) is 167 cm³/mol. The molecule has 4 aliphatic heterocycles. The summed E-state index contributed by atoms with van der Waals surface area (Å²) in [5.74, 6) is 0.228. The van der Waals surface area contributed by atoms with E-state index in [4.69, 9.17) is 23.2 Å². The van der Waals surface area contributed by atoms with Gasteiger partial charge < -0.3 is 15.0 Å². The van der Waals surface area contributed by atoms with Crippen molar-refractivity contribution >= 4 is 28.9 Å². The smallest absolute Gasteiger partial charge is 0.406 e. The van der Waals surface area contributed by atoms with Crippen LogP contribution in [0.1, 0.15) is 48.3 Å². The van der Waals surface area contributed by atoms with Crippen molar-refractivity contribution in [3.63, 3.8) is 0 Å². The van der Waals surface area contributed by atoms with Crippen molar-refractivity contribution in [3.8, 4) is 0 Å². The molecule has 0 amide bonds. The molecule has 3 saturated heterocycles. The van der Waals surface area contributed by atoms with Crippen molar-refractivity contribution < 1.29 is 17.9 Å². The molecule has 5 aliphatic rings. The van der Waals surface area contributed by atoms with Crippen LogP contribution < -0.4 is 10.2 Å². The molecule has 3 fully saturated rings. The van der Waals surface area contributed by atoms with Gasteiger partial charge in [0.2, 0.25) is 0 Å². The topological polar surface area (TPSA) is 31.0 Å². The van der Waals surface area contributed by atoms with E-state index in [9.17, 15) is 13.2 Å². The van der Waals surface area contributed by atoms with Crippen molar-refractivity contribution in [3.05, 3.63) is 87.1 Å². The van der Waals surface area contributed by atoms with Crippen molar-refractivity contribution in [1.82, 2.24) is 15.1 Å². The highest BCUT2D eigenvalue weighted by Gasteiger charge is 2.40. The quantitative estimate of drug-likeness (QED) is 0.276. The van der Waals surface area contributed by atoms with Crippen LogP contribution >= 0.6 is 23.2 Å². The Kier molecular flexibility index (Phi) is 9.32. The van der Waals surface area contributed by atoms with Gasteiger partial charge in [0.05, 0.1) is 0 Å². The van der Waals surface area contributed by atoms with E-state index in [2.05, 4.69) is 43.0 Å². The minimum Gasteiger partial charge on any atom is -0.406 e. The Morgan fingerprint density at radius 2 is 1.70 bits per heavy atom. The first-order valence-corrected chi connectivity index (χ1v) is 16.0. The molecule has 5 nitrogen and oxygen atoms in total. The Balaban J connectivity index is 1.16. The van der Waals surface area contributed by atoms with Gasteiger partial charge in [-0.2, -0.15) is 0 Å². The standard InChI is InChI=1S/C33H39Cl2F3N4O/c1-39-14-3-15-40-20-28(23-7-11-26(12-8-23)43-33(36,37)38)27-16-22(6-13-32(27)40)17-41-18-25-10-9-24(41)19-42(25)21-29-30(34)4-2-5-31(29)35/h2,4-7,11-13,16,23-25,28,39H,3,8-10,14-15,17-21H2,1H3. The SMILES string of the molecule is CNCCCN1CC(C2C=CC(OC(F)(F)F)=CC2)c2cc(CN3CC4CCC3CN4Cc3c(Cl)cccc3Cl)ccc21. The van der Waals surface area contributed by atoms with E-state index in [1.54, 1.807) is 6.08 Å². The second-order valence-electron chi connectivity index (χ2n) is 12.3. The number of halogens is 5. The molecular weight excluding hydrogens is 596 g/mol. The fourth-order valence-electron chi connectivity index (χ4n) is 7.38. The van der Waals surface area contributed by atoms with Crippen LogP contribution in [0.2, 0.25) is 10.0 Å². The summed E-state index contributed by atoms with van der Waals surface area (Å²) in [6.07, 6.45) is 4.23. The maximum Gasteiger partial charge on any atom is 0.573 e. The number of hydrogen-bond donors (Lipinski definition) is 1. The number of anilines is 1. The molecule has 2 aromatic carbocycles. The maximum absolute atomic E-state index is 12.8. The Bertz CT molecular complexity index is 1350. The van der Waals surface area contributed by atoms with E-state index < -0.39 is 6.36 Å². The second kappa shape index (κ2) is 13.0. The minimum absolute atomic E-state index is 0.118. The maximum atomic E-state index is 12.8. The van der Waals surface area contributed by atoms with Gasteiger partial charge in [0.25, 0.3) is 0 Å². The first-order valence-electron chi connectivity index (χ1n) is 15.3. The van der Waals surface area contributed by atoms with E-state index in [-0.39, 0.29) is 17.6 Å². The van der Waals surface area contributed by atoms with Crippen LogP contribution in [0.4, 0.5) is 18.9 Å². The summed E-state index contributed by atoms with van der Waals surface area (Å²) >= 11 is 13.0. The first-order chi connectivity index (χ1) is 20.7. The Morgan fingerprint density at radius 3 is 2.33 bits per heavy atom. The number of benzene rings is 2. The highest BCUT2D eigenvalue weighted by molar-refractivity contribution is 6.35. The van der Waals surface area contributed by atoms with Crippen LogP contribution in [0, 0.1) is 5.92 Å². The average molecular weight is 636 g/mol. The summed E-state index contributed by atoms with van der Waals surface area (Å²) in [5.41, 5.74) is 4.87. The second-order valence-corrected chi connectivity index (χ2v) is 13.1. The van der Waals surface area contributed by atoms with Crippen LogP contribution in [-0.2, 0) is 17.8 Å². The molecule has 43 heavy (non-hydrogen) atoms. The third kappa shape index (κ3) is 7.04. The van der Waals surface area contributed by atoms with Gasteiger partial charge in [0.15, 0.2) is 0 Å². The Hall–Kier alpha value is -2.23. The number of nitrogens with one attached hydrogen (secondary N) is 1. The van der Waals surface area contributed by atoms with Gasteiger partial charge in [-0.15, -0.1) is 13.2 Å². The molecule has 232 valence electrons. The van der Waals surface area contributed by atoms with Crippen LogP contribution in [0.3, 0.4) is 0 Å². The molecule has 0 saturated carbocycles. The molecule has 1 aliphatic carbocycles. The molecule has 10 heteroatoms. The van der Waals surface area contributed by atoms with Crippen LogP contribution in [0.15, 0.2) is 60.4 Å². The minimum atomic E-state index is -4.67. The Morgan fingerprint density at radius 1 is 0.977 bits per heavy atom. The van der Waals surface area contributed by atoms with E-state index >= 15 is 0 Å². The largest absolute Gasteiger partial charge is 0.573 e. The highest BCUT2D eigenvalue weighted by atomic mass is 35.5. The van der Waals surface area contributed by atoms with Crippen LogP contribution in [0.25, 0.3) is 0 Å². The molecule has 0 aromatic heterocycles. The normalized spacial score (nSPS) is 25.7. The van der Waals surface area contributed by atoms with Crippen molar-refractivity contribution in [1.29, 1.82) is 0 Å². The molecule has 1 N–H and O–H groups in total. The Labute approximate surface area is 262 Å². The van der Waals surface area contributed by atoms with Gasteiger partial charge in [0.1, 0.15) is 5.76 Å². The van der Waals surface area contributed by atoms with E-state index in [1.807, 2.05) is 31.3 Å². The van der Waals surface area contributed by atoms with E-state index in [0.29, 0.717) is 18.5 Å². The van der Waals surface area contributed by atoms with Gasteiger partial charge in [-0.25, -0.2) is 0 Å². The summed E-state index contributed by atoms with van der Waals surface area (Å²) in [4.78, 5) is 7.61. The third-order valence-electron chi connectivity index (χ3n) is 9.52. The lowest BCUT2D eigenvalue weighted by atomic mass is 9.82. The summed E-state index contributed by atoms with van der Waals surface area (Å²) in [5, 5.41) is 4.69. The first kappa shape index (κ1) is 30.8. The number of alkyl halides is 3. The number of piperidine rings is 2. The molecule has 4 heterocycles. The average Bonchev–Trinajstić information content (AvgIpc) is 3.33. The number of hydrogen-bond acceptors (Lipinski definition) is 5. The lowest BCUT2D eigenvalue weighted by molar-refractivity contribution is -0.303. The molecule has 7 rings (SSSR count). The summed E-state index contributed by atoms with van der Waals surface area (Å²) in [6, 6.07) is 13.5. The van der Waals surface area contributed by atoms with Gasteiger partial charge in [-0.3, -0.25) is 9.80 Å². The van der Waals surface area contributed by atoms with Crippen LogP contribution in [0.5, 0.6) is 0 Å². The predicted octanol–water partition coefficient (Wildman–Crippen LogP) is 7.35. The van der Waals surface area contributed by atoms with Gasteiger partial charge in [-0.05, 0) is 86.7 Å². The van der Waals surface area contributed by atoms with Gasteiger partial charge in [0, 0.05) is 78.6 Å². The fraction of sp³-hybridized carbons (Fsp3) is 0.515. The fourth-order valence-corrected chi connectivity index (χ4v) is 7.90. The number of piperazine rings is 1. The summed E-state index contributed by atoms with van der Waals surface area (Å²) in [6.45, 7) is 6.44. The molecular formula is C33H39Cl2F3N4O. The van der Waals surface area contributed by atoms with E-state index in [1.165, 1.54) is 35.7 Å². The lowest BCUT2D eigenvalue weighted by Gasteiger charge is -2.52. The molecule has 4 atom stereocenters. The monoisotopic (exact) mass is 634 g/mol. The highest BCUT2D eigenvalue weighted by Crippen LogP contribution is 2.44. The number of nitrogens with zero attached hydrogens (tertiary/aromatic N) is 3. The zero-order valence-electron chi connectivity index (χ0n) is 24.4. The van der Waals surface area contributed by atoms with E-state index in [0.717, 1.165) is 67.8 Å². The number of fused-ring (bicyclic) bond motifs is 4. The zero-order chi connectivity index (χ0) is 30.1. The number of rotatable bonds is 10. The molecule has 2 bridgehead atoms. The molecule has 0 spiro atoms. The van der Waals surface area contributed by atoms with Gasteiger partial charge >= 0.3 is 6.36 Å². The lowest BCUT2D eigenvalue weighted by Crippen LogP contribution is -2.61. The number of allylic oxidation sites excluding steroid dienone is 3. The molecule has 0 radical (unpaired) electrons. The third-order valence-corrected chi connectivity index (χ3v) is 10.2. The zero-order valence-corrected chi connectivity index (χ0v) is 25.9. The van der Waals surface area contributed by atoms with Crippen LogP contribution in [-0.4, -0.2) is 68.0 Å². The van der Waals surface area contributed by atoms with Crippen molar-refractivity contribution in [2.24, 2.45) is 5.92 Å².